The van der Waals surface area contributed by atoms with Gasteiger partial charge in [0.1, 0.15) is 0 Å². The molecule has 0 spiro atoms. The van der Waals surface area contributed by atoms with Gasteiger partial charge in [-0.2, -0.15) is 17.5 Å². The maximum absolute atomic E-state index is 13.0. The first-order chi connectivity index (χ1) is 14.4. The lowest BCUT2D eigenvalue weighted by Crippen LogP contribution is -2.48. The fraction of sp³-hybridized carbons (Fsp3) is 0.350. The van der Waals surface area contributed by atoms with E-state index in [9.17, 15) is 26.4 Å². The van der Waals surface area contributed by atoms with Crippen LogP contribution in [-0.4, -0.2) is 43.9 Å². The van der Waals surface area contributed by atoms with Gasteiger partial charge in [0.2, 0.25) is 10.0 Å². The van der Waals surface area contributed by atoms with Gasteiger partial charge < -0.3 is 10.1 Å². The average molecular weight is 477 g/mol. The molecule has 168 valence electrons. The molecular weight excluding hydrogens is 457 g/mol. The van der Waals surface area contributed by atoms with Crippen LogP contribution in [0.1, 0.15) is 29.8 Å². The number of morpholine rings is 1. The van der Waals surface area contributed by atoms with Crippen LogP contribution in [0.4, 0.5) is 18.9 Å². The van der Waals surface area contributed by atoms with Crippen LogP contribution in [-0.2, 0) is 20.9 Å². The van der Waals surface area contributed by atoms with E-state index in [1.807, 2.05) is 0 Å². The van der Waals surface area contributed by atoms with Crippen molar-refractivity contribution < 1.29 is 31.1 Å². The third-order valence-corrected chi connectivity index (χ3v) is 6.81. The second-order valence-electron chi connectivity index (χ2n) is 7.25. The molecule has 0 unspecified atom stereocenters. The monoisotopic (exact) mass is 476 g/mol. The summed E-state index contributed by atoms with van der Waals surface area (Å²) in [6.07, 6.45) is -5.24. The zero-order chi connectivity index (χ0) is 23.0. The van der Waals surface area contributed by atoms with Crippen molar-refractivity contribution >= 4 is 33.2 Å². The Morgan fingerprint density at radius 3 is 2.39 bits per heavy atom. The van der Waals surface area contributed by atoms with E-state index in [0.29, 0.717) is 0 Å². The molecular formula is C20H20ClF3N2O4S. The lowest BCUT2D eigenvalue weighted by molar-refractivity contribution is -0.137. The molecule has 6 nitrogen and oxygen atoms in total. The molecule has 0 aliphatic carbocycles. The number of nitrogens with zero attached hydrogens (tertiary/aromatic N) is 1. The van der Waals surface area contributed by atoms with E-state index in [4.69, 9.17) is 16.3 Å². The molecule has 1 heterocycles. The second-order valence-corrected chi connectivity index (χ2v) is 9.60. The van der Waals surface area contributed by atoms with E-state index in [2.05, 4.69) is 5.32 Å². The van der Waals surface area contributed by atoms with E-state index < -0.39 is 32.7 Å². The molecule has 0 saturated carbocycles. The molecule has 2 aromatic carbocycles. The van der Waals surface area contributed by atoms with Gasteiger partial charge in [-0.05, 0) is 50.2 Å². The summed E-state index contributed by atoms with van der Waals surface area (Å²) < 4.78 is 71.9. The van der Waals surface area contributed by atoms with Crippen molar-refractivity contribution in [2.24, 2.45) is 0 Å². The quantitative estimate of drug-likeness (QED) is 0.709. The summed E-state index contributed by atoms with van der Waals surface area (Å²) >= 11 is 5.59. The molecule has 1 aliphatic rings. The lowest BCUT2D eigenvalue weighted by Gasteiger charge is -2.34. The standard InChI is InChI=1S/C20H20ClF3N2O4S/c1-12-10-26(11-13(2)30-12)31(28,29)16-5-3-4-14(8-16)19(27)25-15-6-7-18(21)17(9-15)20(22,23)24/h3-9,12-13H,10-11H2,1-2H3,(H,25,27)/t12-,13-/m0/s1. The molecule has 2 aromatic rings. The normalized spacial score (nSPS) is 20.5. The number of nitrogens with one attached hydrogen (secondary N) is 1. The molecule has 0 aromatic heterocycles. The molecule has 1 N–H and O–H groups in total. The summed E-state index contributed by atoms with van der Waals surface area (Å²) in [6.45, 7) is 3.88. The van der Waals surface area contributed by atoms with Gasteiger partial charge in [0.25, 0.3) is 5.91 Å². The van der Waals surface area contributed by atoms with Gasteiger partial charge in [0, 0.05) is 24.3 Å². The minimum Gasteiger partial charge on any atom is -0.373 e. The summed E-state index contributed by atoms with van der Waals surface area (Å²) in [6, 6.07) is 8.31. The van der Waals surface area contributed by atoms with Crippen LogP contribution in [0.5, 0.6) is 0 Å². The van der Waals surface area contributed by atoms with E-state index in [-0.39, 0.29) is 41.4 Å². The number of rotatable bonds is 4. The molecule has 1 amide bonds. The van der Waals surface area contributed by atoms with Crippen molar-refractivity contribution in [1.82, 2.24) is 4.31 Å². The number of sulfonamides is 1. The van der Waals surface area contributed by atoms with Gasteiger partial charge in [-0.25, -0.2) is 8.42 Å². The molecule has 11 heteroatoms. The smallest absolute Gasteiger partial charge is 0.373 e. The summed E-state index contributed by atoms with van der Waals surface area (Å²) in [5.74, 6) is -0.754. The van der Waals surface area contributed by atoms with Crippen LogP contribution in [0, 0.1) is 0 Å². The van der Waals surface area contributed by atoms with Crippen LogP contribution >= 0.6 is 11.6 Å². The van der Waals surface area contributed by atoms with E-state index in [1.165, 1.54) is 34.6 Å². The fourth-order valence-electron chi connectivity index (χ4n) is 3.30. The van der Waals surface area contributed by atoms with Crippen molar-refractivity contribution in [3.05, 3.63) is 58.6 Å². The summed E-state index contributed by atoms with van der Waals surface area (Å²) in [4.78, 5) is 12.5. The number of amides is 1. The maximum atomic E-state index is 13.0. The highest BCUT2D eigenvalue weighted by Crippen LogP contribution is 2.36. The first kappa shape index (κ1) is 23.5. The van der Waals surface area contributed by atoms with Gasteiger partial charge in [0.15, 0.2) is 0 Å². The number of carbonyl (C=O) groups excluding carboxylic acids is 1. The third kappa shape index (κ3) is 5.38. The highest BCUT2D eigenvalue weighted by molar-refractivity contribution is 7.89. The van der Waals surface area contributed by atoms with Crippen molar-refractivity contribution in [3.63, 3.8) is 0 Å². The average Bonchev–Trinajstić information content (AvgIpc) is 2.68. The predicted molar refractivity (Wildman–Crippen MR) is 110 cm³/mol. The number of benzene rings is 2. The van der Waals surface area contributed by atoms with E-state index in [1.54, 1.807) is 13.8 Å². The number of halogens is 4. The Morgan fingerprint density at radius 1 is 1.13 bits per heavy atom. The molecule has 1 aliphatic heterocycles. The molecule has 1 fully saturated rings. The zero-order valence-electron chi connectivity index (χ0n) is 16.6. The Labute approximate surface area is 183 Å². The fourth-order valence-corrected chi connectivity index (χ4v) is 5.16. The van der Waals surface area contributed by atoms with Crippen LogP contribution in [0.15, 0.2) is 47.4 Å². The van der Waals surface area contributed by atoms with Gasteiger partial charge in [-0.15, -0.1) is 0 Å². The highest BCUT2D eigenvalue weighted by Gasteiger charge is 2.34. The molecule has 3 rings (SSSR count). The van der Waals surface area contributed by atoms with E-state index >= 15 is 0 Å². The number of anilines is 1. The minimum atomic E-state index is -4.68. The Morgan fingerprint density at radius 2 is 1.77 bits per heavy atom. The first-order valence-electron chi connectivity index (χ1n) is 9.31. The number of carbonyl (C=O) groups is 1. The molecule has 0 bridgehead atoms. The highest BCUT2D eigenvalue weighted by atomic mass is 35.5. The van der Waals surface area contributed by atoms with Gasteiger partial charge in [-0.1, -0.05) is 17.7 Å². The number of alkyl halides is 3. The summed E-state index contributed by atoms with van der Waals surface area (Å²) in [7, 11) is -3.88. The minimum absolute atomic E-state index is 0.0149. The molecule has 0 radical (unpaired) electrons. The largest absolute Gasteiger partial charge is 0.417 e. The van der Waals surface area contributed by atoms with E-state index in [0.717, 1.165) is 12.1 Å². The van der Waals surface area contributed by atoms with Crippen molar-refractivity contribution in [1.29, 1.82) is 0 Å². The maximum Gasteiger partial charge on any atom is 0.417 e. The number of hydrogen-bond acceptors (Lipinski definition) is 4. The third-order valence-electron chi connectivity index (χ3n) is 4.65. The van der Waals surface area contributed by atoms with Gasteiger partial charge in [0.05, 0.1) is 27.7 Å². The Balaban J connectivity index is 1.84. The first-order valence-corrected chi connectivity index (χ1v) is 11.1. The van der Waals surface area contributed by atoms with Crippen molar-refractivity contribution in [3.8, 4) is 0 Å². The Bertz CT molecular complexity index is 1080. The summed E-state index contributed by atoms with van der Waals surface area (Å²) in [5.41, 5.74) is -1.22. The second kappa shape index (κ2) is 8.78. The predicted octanol–water partition coefficient (Wildman–Crippen LogP) is 4.41. The summed E-state index contributed by atoms with van der Waals surface area (Å²) in [5, 5.41) is 1.85. The Kier molecular flexibility index (Phi) is 6.66. The van der Waals surface area contributed by atoms with Crippen LogP contribution < -0.4 is 5.32 Å². The SMILES string of the molecule is C[C@H]1CN(S(=O)(=O)c2cccc(C(=O)Nc3ccc(Cl)c(C(F)(F)F)c3)c2)C[C@H](C)O1. The number of ether oxygens (including phenoxy) is 1. The lowest BCUT2D eigenvalue weighted by atomic mass is 10.1. The topological polar surface area (TPSA) is 75.7 Å². The zero-order valence-corrected chi connectivity index (χ0v) is 18.2. The molecule has 1 saturated heterocycles. The van der Waals surface area contributed by atoms with Gasteiger partial charge >= 0.3 is 6.18 Å². The van der Waals surface area contributed by atoms with Crippen LogP contribution in [0.25, 0.3) is 0 Å². The Hall–Kier alpha value is -2.14. The van der Waals surface area contributed by atoms with Crippen LogP contribution in [0.2, 0.25) is 5.02 Å². The van der Waals surface area contributed by atoms with Crippen LogP contribution in [0.3, 0.4) is 0 Å². The van der Waals surface area contributed by atoms with Gasteiger partial charge in [-0.3, -0.25) is 4.79 Å². The molecule has 31 heavy (non-hydrogen) atoms. The number of hydrogen-bond donors (Lipinski definition) is 1. The van der Waals surface area contributed by atoms with Crippen molar-refractivity contribution in [2.45, 2.75) is 37.1 Å². The molecule has 2 atom stereocenters. The van der Waals surface area contributed by atoms with Crippen molar-refractivity contribution in [2.75, 3.05) is 18.4 Å².